The molecule has 2 aromatic carbocycles. The van der Waals surface area contributed by atoms with E-state index in [9.17, 15) is 4.79 Å². The summed E-state index contributed by atoms with van der Waals surface area (Å²) in [6.45, 7) is 5.85. The Morgan fingerprint density at radius 2 is 1.00 bits per heavy atom. The van der Waals surface area contributed by atoms with Crippen LogP contribution in [-0.2, 0) is 0 Å². The first-order chi connectivity index (χ1) is 12.9. The fourth-order valence-electron chi connectivity index (χ4n) is 2.57. The first kappa shape index (κ1) is 22.1. The number of aldehydes is 1. The molecule has 146 valence electrons. The average Bonchev–Trinajstić information content (AvgIpc) is 2.70. The van der Waals surface area contributed by atoms with Gasteiger partial charge in [0.15, 0.2) is 0 Å². The van der Waals surface area contributed by atoms with Crippen LogP contribution in [0.15, 0.2) is 30.3 Å². The standard InChI is InChI=1S/C12H16O2.C10H12O3/c1-5-6-10-7-11(13-3)9(2)12(8-10)14-4;1-7-9(12-2)4-8(6-11)5-10(7)13-3/h5-8H,1-4H3;4-6H,1-3H3/b6-5+;. The zero-order valence-corrected chi connectivity index (χ0v) is 17.1. The molecule has 27 heavy (non-hydrogen) atoms. The van der Waals surface area contributed by atoms with Crippen molar-refractivity contribution in [3.8, 4) is 23.0 Å². The van der Waals surface area contributed by atoms with E-state index >= 15 is 0 Å². The molecule has 5 heteroatoms. The predicted octanol–water partition coefficient (Wildman–Crippen LogP) is 4.87. The molecule has 0 aliphatic heterocycles. The third-order valence-electron chi connectivity index (χ3n) is 4.04. The Balaban J connectivity index is 0.000000271. The van der Waals surface area contributed by atoms with Gasteiger partial charge in [0.1, 0.15) is 29.3 Å². The van der Waals surface area contributed by atoms with Crippen LogP contribution in [0, 0.1) is 13.8 Å². The maximum Gasteiger partial charge on any atom is 0.150 e. The lowest BCUT2D eigenvalue weighted by molar-refractivity contribution is 0.112. The fraction of sp³-hybridized carbons (Fsp3) is 0.318. The van der Waals surface area contributed by atoms with E-state index in [1.807, 2.05) is 45.1 Å². The van der Waals surface area contributed by atoms with Crippen molar-refractivity contribution in [2.45, 2.75) is 20.8 Å². The predicted molar refractivity (Wildman–Crippen MR) is 109 cm³/mol. The smallest absolute Gasteiger partial charge is 0.150 e. The van der Waals surface area contributed by atoms with Gasteiger partial charge in [-0.25, -0.2) is 0 Å². The number of hydrogen-bond acceptors (Lipinski definition) is 5. The van der Waals surface area contributed by atoms with E-state index in [1.54, 1.807) is 40.6 Å². The Morgan fingerprint density at radius 3 is 1.26 bits per heavy atom. The van der Waals surface area contributed by atoms with E-state index in [1.165, 1.54) is 0 Å². The van der Waals surface area contributed by atoms with E-state index in [4.69, 9.17) is 18.9 Å². The van der Waals surface area contributed by atoms with E-state index in [-0.39, 0.29) is 0 Å². The molecular weight excluding hydrogens is 344 g/mol. The van der Waals surface area contributed by atoms with Crippen molar-refractivity contribution in [1.29, 1.82) is 0 Å². The first-order valence-electron chi connectivity index (χ1n) is 8.48. The summed E-state index contributed by atoms with van der Waals surface area (Å²) in [4.78, 5) is 10.5. The molecule has 0 N–H and O–H groups in total. The van der Waals surface area contributed by atoms with Crippen molar-refractivity contribution in [1.82, 2.24) is 0 Å². The zero-order chi connectivity index (χ0) is 20.4. The van der Waals surface area contributed by atoms with Gasteiger partial charge in [-0.2, -0.15) is 0 Å². The second kappa shape index (κ2) is 10.9. The molecule has 0 unspecified atom stereocenters. The van der Waals surface area contributed by atoms with Crippen molar-refractivity contribution in [3.05, 3.63) is 52.6 Å². The number of rotatable bonds is 6. The summed E-state index contributed by atoms with van der Waals surface area (Å²) < 4.78 is 20.7. The number of hydrogen-bond donors (Lipinski definition) is 0. The number of benzene rings is 2. The maximum absolute atomic E-state index is 10.5. The van der Waals surface area contributed by atoms with Crippen molar-refractivity contribution in [3.63, 3.8) is 0 Å². The molecule has 0 heterocycles. The van der Waals surface area contributed by atoms with Crippen LogP contribution in [0.4, 0.5) is 0 Å². The Bertz CT molecular complexity index is 743. The van der Waals surface area contributed by atoms with E-state index < -0.39 is 0 Å². The fourth-order valence-corrected chi connectivity index (χ4v) is 2.57. The lowest BCUT2D eigenvalue weighted by Crippen LogP contribution is -1.94. The molecule has 0 spiro atoms. The molecule has 0 saturated carbocycles. The van der Waals surface area contributed by atoms with Gasteiger partial charge in [0.25, 0.3) is 0 Å². The summed E-state index contributed by atoms with van der Waals surface area (Å²) in [5.74, 6) is 3.05. The quantitative estimate of drug-likeness (QED) is 0.677. The molecule has 2 rings (SSSR count). The molecule has 0 aromatic heterocycles. The van der Waals surface area contributed by atoms with Gasteiger partial charge < -0.3 is 18.9 Å². The Labute approximate surface area is 161 Å². The Kier molecular flexibility index (Phi) is 8.93. The second-order valence-electron chi connectivity index (χ2n) is 5.72. The number of ether oxygens (including phenoxy) is 4. The molecule has 5 nitrogen and oxygen atoms in total. The molecule has 0 bridgehead atoms. The van der Waals surface area contributed by atoms with Gasteiger partial charge in [0.2, 0.25) is 0 Å². The minimum absolute atomic E-state index is 0.555. The summed E-state index contributed by atoms with van der Waals surface area (Å²) in [7, 11) is 6.47. The van der Waals surface area contributed by atoms with Gasteiger partial charge in [-0.1, -0.05) is 12.2 Å². The van der Waals surface area contributed by atoms with Crippen LogP contribution in [0.25, 0.3) is 6.08 Å². The molecule has 0 saturated heterocycles. The second-order valence-corrected chi connectivity index (χ2v) is 5.72. The van der Waals surface area contributed by atoms with Crippen LogP contribution in [-0.4, -0.2) is 34.7 Å². The lowest BCUT2D eigenvalue weighted by atomic mass is 10.1. The van der Waals surface area contributed by atoms with Crippen LogP contribution in [0.2, 0.25) is 0 Å². The highest BCUT2D eigenvalue weighted by Gasteiger charge is 2.07. The van der Waals surface area contributed by atoms with Gasteiger partial charge in [0.05, 0.1) is 28.4 Å². The van der Waals surface area contributed by atoms with Crippen molar-refractivity contribution in [2.75, 3.05) is 28.4 Å². The van der Waals surface area contributed by atoms with E-state index in [0.29, 0.717) is 17.1 Å². The van der Waals surface area contributed by atoms with Crippen molar-refractivity contribution < 1.29 is 23.7 Å². The normalized spacial score (nSPS) is 10.0. The summed E-state index contributed by atoms with van der Waals surface area (Å²) in [5, 5.41) is 0. The third kappa shape index (κ3) is 5.78. The highest BCUT2D eigenvalue weighted by atomic mass is 16.5. The summed E-state index contributed by atoms with van der Waals surface area (Å²) in [6, 6.07) is 7.37. The molecule has 0 fully saturated rings. The Hall–Kier alpha value is -2.95. The van der Waals surface area contributed by atoms with Gasteiger partial charge >= 0.3 is 0 Å². The summed E-state index contributed by atoms with van der Waals surface area (Å²) in [6.07, 6.45) is 4.78. The molecule has 0 atom stereocenters. The highest BCUT2D eigenvalue weighted by Crippen LogP contribution is 2.30. The summed E-state index contributed by atoms with van der Waals surface area (Å²) in [5.41, 5.74) is 3.57. The zero-order valence-electron chi connectivity index (χ0n) is 17.1. The van der Waals surface area contributed by atoms with Gasteiger partial charge in [-0.3, -0.25) is 4.79 Å². The van der Waals surface area contributed by atoms with Gasteiger partial charge in [-0.15, -0.1) is 0 Å². The van der Waals surface area contributed by atoms with Crippen LogP contribution in [0.5, 0.6) is 23.0 Å². The number of methoxy groups -OCH3 is 4. The molecule has 2 aromatic rings. The van der Waals surface area contributed by atoms with E-state index in [2.05, 4.69) is 0 Å². The Morgan fingerprint density at radius 1 is 0.667 bits per heavy atom. The summed E-state index contributed by atoms with van der Waals surface area (Å²) >= 11 is 0. The topological polar surface area (TPSA) is 54.0 Å². The third-order valence-corrected chi connectivity index (χ3v) is 4.04. The van der Waals surface area contributed by atoms with Gasteiger partial charge in [0, 0.05) is 16.7 Å². The largest absolute Gasteiger partial charge is 0.496 e. The number of allylic oxidation sites excluding steroid dienone is 1. The van der Waals surface area contributed by atoms with Crippen LogP contribution in [0.3, 0.4) is 0 Å². The van der Waals surface area contributed by atoms with E-state index in [0.717, 1.165) is 34.5 Å². The SMILES string of the molecule is C/C=C/c1cc(OC)c(C)c(OC)c1.COc1cc(C=O)cc(OC)c1C. The highest BCUT2D eigenvalue weighted by molar-refractivity contribution is 5.77. The molecule has 0 aliphatic rings. The lowest BCUT2D eigenvalue weighted by Gasteiger charge is -2.10. The van der Waals surface area contributed by atoms with Crippen molar-refractivity contribution in [2.24, 2.45) is 0 Å². The first-order valence-corrected chi connectivity index (χ1v) is 8.48. The van der Waals surface area contributed by atoms with Crippen LogP contribution in [0.1, 0.15) is 34.0 Å². The van der Waals surface area contributed by atoms with Crippen molar-refractivity contribution >= 4 is 12.4 Å². The maximum atomic E-state index is 10.5. The molecular formula is C22H28O5. The molecule has 0 aliphatic carbocycles. The van der Waals surface area contributed by atoms with Gasteiger partial charge in [-0.05, 0) is 50.6 Å². The molecule has 0 amide bonds. The molecule has 0 radical (unpaired) electrons. The number of carbonyl (C=O) groups excluding carboxylic acids is 1. The average molecular weight is 372 g/mol. The number of carbonyl (C=O) groups is 1. The van der Waals surface area contributed by atoms with Crippen LogP contribution < -0.4 is 18.9 Å². The monoisotopic (exact) mass is 372 g/mol. The minimum atomic E-state index is 0.555. The minimum Gasteiger partial charge on any atom is -0.496 e. The van der Waals surface area contributed by atoms with Crippen LogP contribution >= 0.6 is 0 Å².